The molecule has 0 saturated carbocycles. The van der Waals surface area contributed by atoms with Crippen LogP contribution in [0.3, 0.4) is 0 Å². The average Bonchev–Trinajstić information content (AvgIpc) is 2.84. The van der Waals surface area contributed by atoms with Crippen molar-refractivity contribution >= 4 is 21.4 Å². The lowest BCUT2D eigenvalue weighted by Gasteiger charge is -2.24. The van der Waals surface area contributed by atoms with Gasteiger partial charge in [-0.05, 0) is 31.3 Å². The van der Waals surface area contributed by atoms with Crippen LogP contribution in [0.2, 0.25) is 0 Å². The van der Waals surface area contributed by atoms with Gasteiger partial charge in [-0.1, -0.05) is 20.3 Å². The second-order valence-corrected chi connectivity index (χ2v) is 7.61. The molecule has 6 heteroatoms. The molecule has 0 amide bonds. The van der Waals surface area contributed by atoms with E-state index in [1.807, 2.05) is 19.2 Å². The Morgan fingerprint density at radius 3 is 2.68 bits per heavy atom. The zero-order valence-electron chi connectivity index (χ0n) is 12.1. The van der Waals surface area contributed by atoms with Gasteiger partial charge in [-0.15, -0.1) is 11.3 Å². The quantitative estimate of drug-likeness (QED) is 0.803. The minimum absolute atomic E-state index is 0.0295. The summed E-state index contributed by atoms with van der Waals surface area (Å²) in [5.41, 5.74) is 0. The minimum Gasteiger partial charge on any atom is -0.312 e. The molecule has 0 fully saturated rings. The summed E-state index contributed by atoms with van der Waals surface area (Å²) in [4.78, 5) is 1.33. The molecule has 1 heterocycles. The highest BCUT2D eigenvalue weighted by molar-refractivity contribution is 7.89. The highest BCUT2D eigenvalue weighted by Gasteiger charge is 2.27. The number of sulfonamides is 1. The fourth-order valence-electron chi connectivity index (χ4n) is 1.92. The van der Waals surface area contributed by atoms with Crippen molar-refractivity contribution in [3.8, 4) is 0 Å². The van der Waals surface area contributed by atoms with Crippen molar-refractivity contribution in [3.05, 3.63) is 16.3 Å². The van der Waals surface area contributed by atoms with Crippen molar-refractivity contribution in [3.63, 3.8) is 0 Å². The second-order valence-electron chi connectivity index (χ2n) is 4.65. The zero-order chi connectivity index (χ0) is 14.5. The molecule has 1 rings (SSSR count). The summed E-state index contributed by atoms with van der Waals surface area (Å²) in [6, 6.07) is 1.74. The Bertz CT molecular complexity index is 483. The zero-order valence-corrected chi connectivity index (χ0v) is 13.8. The molecule has 0 aliphatic carbocycles. The molecule has 0 bridgehead atoms. The third-order valence-electron chi connectivity index (χ3n) is 3.22. The highest BCUT2D eigenvalue weighted by atomic mass is 32.2. The van der Waals surface area contributed by atoms with E-state index in [9.17, 15) is 8.42 Å². The number of thiophene rings is 1. The van der Waals surface area contributed by atoms with Gasteiger partial charge in [-0.3, -0.25) is 0 Å². The SMILES string of the molecule is CCCC(C)N(C)S(=O)(=O)c1ccsc1CNCC. The molecule has 4 nitrogen and oxygen atoms in total. The number of hydrogen-bond acceptors (Lipinski definition) is 4. The summed E-state index contributed by atoms with van der Waals surface area (Å²) in [5.74, 6) is 0. The Hall–Kier alpha value is -0.430. The second kappa shape index (κ2) is 7.38. The first kappa shape index (κ1) is 16.6. The standard InChI is InChI=1S/C13H24N2O2S2/c1-5-7-11(3)15(4)19(16,17)13-8-9-18-12(13)10-14-6-2/h8-9,11,14H,5-7,10H2,1-4H3. The van der Waals surface area contributed by atoms with Gasteiger partial charge in [0.15, 0.2) is 0 Å². The lowest BCUT2D eigenvalue weighted by Crippen LogP contribution is -2.35. The lowest BCUT2D eigenvalue weighted by molar-refractivity contribution is 0.368. The number of nitrogens with one attached hydrogen (secondary N) is 1. The topological polar surface area (TPSA) is 49.4 Å². The van der Waals surface area contributed by atoms with Gasteiger partial charge in [0.1, 0.15) is 0 Å². The monoisotopic (exact) mass is 304 g/mol. The van der Waals surface area contributed by atoms with Crippen LogP contribution in [0.15, 0.2) is 16.3 Å². The van der Waals surface area contributed by atoms with Gasteiger partial charge in [-0.25, -0.2) is 8.42 Å². The van der Waals surface area contributed by atoms with Crippen molar-refractivity contribution in [2.45, 2.75) is 51.1 Å². The largest absolute Gasteiger partial charge is 0.312 e. The van der Waals surface area contributed by atoms with Gasteiger partial charge < -0.3 is 5.32 Å². The van der Waals surface area contributed by atoms with Crippen molar-refractivity contribution < 1.29 is 8.42 Å². The molecule has 1 unspecified atom stereocenters. The smallest absolute Gasteiger partial charge is 0.244 e. The lowest BCUT2D eigenvalue weighted by atomic mass is 10.2. The molecule has 0 spiro atoms. The van der Waals surface area contributed by atoms with Crippen LogP contribution in [0.1, 0.15) is 38.5 Å². The molecule has 1 atom stereocenters. The van der Waals surface area contributed by atoms with Crippen LogP contribution in [-0.4, -0.2) is 32.4 Å². The van der Waals surface area contributed by atoms with Gasteiger partial charge in [0.2, 0.25) is 10.0 Å². The average molecular weight is 304 g/mol. The first-order valence-corrected chi connectivity index (χ1v) is 9.02. The highest BCUT2D eigenvalue weighted by Crippen LogP contribution is 2.26. The first-order chi connectivity index (χ1) is 8.95. The predicted molar refractivity (Wildman–Crippen MR) is 81.0 cm³/mol. The number of nitrogens with zero attached hydrogens (tertiary/aromatic N) is 1. The van der Waals surface area contributed by atoms with Gasteiger partial charge in [0.25, 0.3) is 0 Å². The fourth-order valence-corrected chi connectivity index (χ4v) is 4.69. The van der Waals surface area contributed by atoms with Crippen LogP contribution in [0, 0.1) is 0 Å². The molecular weight excluding hydrogens is 280 g/mol. The van der Waals surface area contributed by atoms with Crippen LogP contribution >= 0.6 is 11.3 Å². The molecule has 1 aromatic heterocycles. The van der Waals surface area contributed by atoms with Crippen LogP contribution in [0.4, 0.5) is 0 Å². The molecular formula is C13H24N2O2S2. The van der Waals surface area contributed by atoms with E-state index in [2.05, 4.69) is 12.2 Å². The first-order valence-electron chi connectivity index (χ1n) is 6.70. The number of rotatable bonds is 8. The molecule has 0 aromatic carbocycles. The molecule has 0 saturated heterocycles. The van der Waals surface area contributed by atoms with E-state index in [0.717, 1.165) is 24.3 Å². The summed E-state index contributed by atoms with van der Waals surface area (Å²) < 4.78 is 26.7. The summed E-state index contributed by atoms with van der Waals surface area (Å²) in [6.07, 6.45) is 1.86. The molecule has 0 aliphatic heterocycles. The maximum Gasteiger partial charge on any atom is 0.244 e. The molecule has 1 aromatic rings. The van der Waals surface area contributed by atoms with Crippen molar-refractivity contribution in [1.82, 2.24) is 9.62 Å². The molecule has 110 valence electrons. The summed E-state index contributed by atoms with van der Waals surface area (Å²) in [7, 11) is -1.70. The predicted octanol–water partition coefficient (Wildman–Crippen LogP) is 2.67. The van der Waals surface area contributed by atoms with E-state index in [-0.39, 0.29) is 6.04 Å². The fraction of sp³-hybridized carbons (Fsp3) is 0.692. The molecule has 0 aliphatic rings. The Labute approximate surface area is 120 Å². The normalized spacial score (nSPS) is 13.9. The van der Waals surface area contributed by atoms with E-state index in [1.54, 1.807) is 13.1 Å². The summed E-state index contributed by atoms with van der Waals surface area (Å²) in [6.45, 7) is 7.48. The molecule has 19 heavy (non-hydrogen) atoms. The molecule has 1 N–H and O–H groups in total. The maximum absolute atomic E-state index is 12.6. The minimum atomic E-state index is -3.37. The van der Waals surface area contributed by atoms with Crippen molar-refractivity contribution in [2.24, 2.45) is 0 Å². The Morgan fingerprint density at radius 2 is 2.11 bits per heavy atom. The van der Waals surface area contributed by atoms with Gasteiger partial charge >= 0.3 is 0 Å². The van der Waals surface area contributed by atoms with Crippen LogP contribution < -0.4 is 5.32 Å². The van der Waals surface area contributed by atoms with Crippen LogP contribution in [0.5, 0.6) is 0 Å². The van der Waals surface area contributed by atoms with E-state index in [0.29, 0.717) is 11.4 Å². The van der Waals surface area contributed by atoms with Crippen LogP contribution in [0.25, 0.3) is 0 Å². The molecule has 0 radical (unpaired) electrons. The van der Waals surface area contributed by atoms with Crippen molar-refractivity contribution in [1.29, 1.82) is 0 Å². The van der Waals surface area contributed by atoms with Gasteiger partial charge in [0, 0.05) is 24.5 Å². The Morgan fingerprint density at radius 1 is 1.42 bits per heavy atom. The third-order valence-corrected chi connectivity index (χ3v) is 6.33. The Balaban J connectivity index is 2.96. The third kappa shape index (κ3) is 4.02. The maximum atomic E-state index is 12.6. The van der Waals surface area contributed by atoms with Gasteiger partial charge in [-0.2, -0.15) is 4.31 Å². The van der Waals surface area contributed by atoms with E-state index in [1.165, 1.54) is 15.6 Å². The van der Waals surface area contributed by atoms with E-state index < -0.39 is 10.0 Å². The van der Waals surface area contributed by atoms with Crippen LogP contribution in [-0.2, 0) is 16.6 Å². The summed E-state index contributed by atoms with van der Waals surface area (Å²) >= 11 is 1.49. The summed E-state index contributed by atoms with van der Waals surface area (Å²) in [5, 5.41) is 5.03. The van der Waals surface area contributed by atoms with E-state index >= 15 is 0 Å². The number of hydrogen-bond donors (Lipinski definition) is 1. The van der Waals surface area contributed by atoms with Crippen molar-refractivity contribution in [2.75, 3.05) is 13.6 Å². The van der Waals surface area contributed by atoms with Gasteiger partial charge in [0.05, 0.1) is 4.90 Å². The van der Waals surface area contributed by atoms with E-state index in [4.69, 9.17) is 0 Å². The Kier molecular flexibility index (Phi) is 6.46.